The van der Waals surface area contributed by atoms with Gasteiger partial charge in [0.15, 0.2) is 0 Å². The molecule has 22 heavy (non-hydrogen) atoms. The minimum absolute atomic E-state index is 0.624. The smallest absolute Gasteiger partial charge is 0.141 e. The monoisotopic (exact) mass is 293 g/mol. The van der Waals surface area contributed by atoms with Crippen molar-refractivity contribution in [1.29, 1.82) is 0 Å². The molecule has 2 aromatic carbocycles. The standard InChI is InChI=1S/C20H23NO/c1-22-20-10-9-16(15-5-3-2-4-6-15)13-19(20)21-18-12-14-7-8-17(18)11-14/h2-6,9-10,13-14,17-18,21H,7-8,11-12H2,1H3/t14-,17-,18-/m1/s1. The molecular formula is C20H23NO. The summed E-state index contributed by atoms with van der Waals surface area (Å²) in [7, 11) is 1.75. The molecule has 0 radical (unpaired) electrons. The van der Waals surface area contributed by atoms with Crippen LogP contribution in [0.5, 0.6) is 5.75 Å². The number of ether oxygens (including phenoxy) is 1. The number of methoxy groups -OCH3 is 1. The fraction of sp³-hybridized carbons (Fsp3) is 0.400. The highest BCUT2D eigenvalue weighted by atomic mass is 16.5. The highest BCUT2D eigenvalue weighted by molar-refractivity contribution is 5.72. The molecule has 0 heterocycles. The number of hydrogen-bond acceptors (Lipinski definition) is 2. The molecule has 2 nitrogen and oxygen atoms in total. The number of nitrogens with one attached hydrogen (secondary N) is 1. The molecule has 0 spiro atoms. The van der Waals surface area contributed by atoms with Gasteiger partial charge >= 0.3 is 0 Å². The second-order valence-electron chi connectivity index (χ2n) is 6.71. The van der Waals surface area contributed by atoms with Crippen LogP contribution in [-0.2, 0) is 0 Å². The molecule has 0 amide bonds. The maximum Gasteiger partial charge on any atom is 0.141 e. The molecular weight excluding hydrogens is 270 g/mol. The largest absolute Gasteiger partial charge is 0.495 e. The predicted octanol–water partition coefficient (Wildman–Crippen LogP) is 4.96. The maximum atomic E-state index is 5.56. The number of benzene rings is 2. The quantitative estimate of drug-likeness (QED) is 0.860. The van der Waals surface area contributed by atoms with E-state index in [9.17, 15) is 0 Å². The summed E-state index contributed by atoms with van der Waals surface area (Å²) in [4.78, 5) is 0. The first kappa shape index (κ1) is 13.7. The molecule has 0 saturated heterocycles. The Hall–Kier alpha value is -1.96. The average Bonchev–Trinajstić information content (AvgIpc) is 3.18. The van der Waals surface area contributed by atoms with Gasteiger partial charge in [-0.2, -0.15) is 0 Å². The zero-order chi connectivity index (χ0) is 14.9. The Balaban J connectivity index is 1.62. The van der Waals surface area contributed by atoms with Crippen molar-refractivity contribution in [3.05, 3.63) is 48.5 Å². The lowest BCUT2D eigenvalue weighted by molar-refractivity contribution is 0.410. The van der Waals surface area contributed by atoms with Crippen molar-refractivity contribution in [2.24, 2.45) is 11.8 Å². The number of fused-ring (bicyclic) bond motifs is 2. The Morgan fingerprint density at radius 1 is 0.955 bits per heavy atom. The lowest BCUT2D eigenvalue weighted by Gasteiger charge is -2.25. The molecule has 4 rings (SSSR count). The van der Waals surface area contributed by atoms with Crippen molar-refractivity contribution in [2.45, 2.75) is 31.7 Å². The topological polar surface area (TPSA) is 21.3 Å². The van der Waals surface area contributed by atoms with Crippen molar-refractivity contribution in [3.63, 3.8) is 0 Å². The van der Waals surface area contributed by atoms with Gasteiger partial charge in [0.25, 0.3) is 0 Å². The Morgan fingerprint density at radius 2 is 1.82 bits per heavy atom. The van der Waals surface area contributed by atoms with Gasteiger partial charge in [-0.05, 0) is 54.4 Å². The van der Waals surface area contributed by atoms with E-state index in [0.717, 1.165) is 23.3 Å². The van der Waals surface area contributed by atoms with Crippen molar-refractivity contribution in [2.75, 3.05) is 12.4 Å². The Morgan fingerprint density at radius 3 is 2.50 bits per heavy atom. The van der Waals surface area contributed by atoms with Crippen molar-refractivity contribution >= 4 is 5.69 Å². The van der Waals surface area contributed by atoms with Gasteiger partial charge in [-0.15, -0.1) is 0 Å². The summed E-state index contributed by atoms with van der Waals surface area (Å²) in [6.45, 7) is 0. The molecule has 1 N–H and O–H groups in total. The van der Waals surface area contributed by atoms with Crippen LogP contribution in [0.1, 0.15) is 25.7 Å². The van der Waals surface area contributed by atoms with E-state index in [4.69, 9.17) is 4.74 Å². The van der Waals surface area contributed by atoms with Gasteiger partial charge in [-0.25, -0.2) is 0 Å². The van der Waals surface area contributed by atoms with Gasteiger partial charge in [-0.3, -0.25) is 0 Å². The summed E-state index contributed by atoms with van der Waals surface area (Å²) in [6.07, 6.45) is 5.56. The summed E-state index contributed by atoms with van der Waals surface area (Å²) in [5, 5.41) is 3.78. The molecule has 2 heteroatoms. The minimum Gasteiger partial charge on any atom is -0.495 e. The second kappa shape index (κ2) is 5.68. The molecule has 0 aromatic heterocycles. The lowest BCUT2D eigenvalue weighted by atomic mass is 9.95. The van der Waals surface area contributed by atoms with E-state index in [0.29, 0.717) is 6.04 Å². The third kappa shape index (κ3) is 2.47. The summed E-state index contributed by atoms with van der Waals surface area (Å²) < 4.78 is 5.56. The van der Waals surface area contributed by atoms with Gasteiger partial charge in [0.1, 0.15) is 5.75 Å². The molecule has 0 aliphatic heterocycles. The molecule has 2 saturated carbocycles. The van der Waals surface area contributed by atoms with Gasteiger partial charge in [0.2, 0.25) is 0 Å². The van der Waals surface area contributed by atoms with Crippen LogP contribution in [0.4, 0.5) is 5.69 Å². The van der Waals surface area contributed by atoms with Gasteiger partial charge in [-0.1, -0.05) is 42.8 Å². The van der Waals surface area contributed by atoms with Crippen LogP contribution in [-0.4, -0.2) is 13.2 Å². The van der Waals surface area contributed by atoms with Crippen LogP contribution in [0.25, 0.3) is 11.1 Å². The number of rotatable bonds is 4. The number of anilines is 1. The van der Waals surface area contributed by atoms with E-state index in [1.165, 1.54) is 36.8 Å². The first-order valence-electron chi connectivity index (χ1n) is 8.33. The lowest BCUT2D eigenvalue weighted by Crippen LogP contribution is -2.26. The Bertz CT molecular complexity index is 652. The number of hydrogen-bond donors (Lipinski definition) is 1. The minimum atomic E-state index is 0.624. The van der Waals surface area contributed by atoms with Gasteiger partial charge < -0.3 is 10.1 Å². The summed E-state index contributed by atoms with van der Waals surface area (Å²) in [5.74, 6) is 2.75. The van der Waals surface area contributed by atoms with E-state index >= 15 is 0 Å². The van der Waals surface area contributed by atoms with Crippen LogP contribution < -0.4 is 10.1 Å². The molecule has 2 fully saturated rings. The highest BCUT2D eigenvalue weighted by Gasteiger charge is 2.39. The van der Waals surface area contributed by atoms with E-state index in [2.05, 4.69) is 53.8 Å². The molecule has 2 bridgehead atoms. The third-order valence-corrected chi connectivity index (χ3v) is 5.39. The zero-order valence-corrected chi connectivity index (χ0v) is 13.1. The van der Waals surface area contributed by atoms with Crippen LogP contribution in [0.15, 0.2) is 48.5 Å². The Kier molecular flexibility index (Phi) is 3.53. The zero-order valence-electron chi connectivity index (χ0n) is 13.1. The molecule has 2 aliphatic carbocycles. The fourth-order valence-corrected chi connectivity index (χ4v) is 4.25. The maximum absolute atomic E-state index is 5.56. The normalized spacial score (nSPS) is 26.1. The molecule has 2 aromatic rings. The van der Waals surface area contributed by atoms with Crippen LogP contribution >= 0.6 is 0 Å². The molecule has 3 atom stereocenters. The van der Waals surface area contributed by atoms with Crippen LogP contribution in [0, 0.1) is 11.8 Å². The Labute approximate surface area is 132 Å². The SMILES string of the molecule is COc1ccc(-c2ccccc2)cc1N[C@@H]1C[C@@H]2CC[C@@H]1C2. The van der Waals surface area contributed by atoms with Crippen LogP contribution in [0.3, 0.4) is 0 Å². The molecule has 0 unspecified atom stereocenters. The van der Waals surface area contributed by atoms with Gasteiger partial charge in [0.05, 0.1) is 12.8 Å². The third-order valence-electron chi connectivity index (χ3n) is 5.39. The van der Waals surface area contributed by atoms with Crippen molar-refractivity contribution in [3.8, 4) is 16.9 Å². The fourth-order valence-electron chi connectivity index (χ4n) is 4.25. The van der Waals surface area contributed by atoms with E-state index in [1.54, 1.807) is 7.11 Å². The van der Waals surface area contributed by atoms with Crippen LogP contribution in [0.2, 0.25) is 0 Å². The molecule has 2 aliphatic rings. The average molecular weight is 293 g/mol. The second-order valence-corrected chi connectivity index (χ2v) is 6.71. The van der Waals surface area contributed by atoms with E-state index < -0.39 is 0 Å². The first-order valence-corrected chi connectivity index (χ1v) is 8.33. The molecule has 114 valence electrons. The predicted molar refractivity (Wildman–Crippen MR) is 91.3 cm³/mol. The van der Waals surface area contributed by atoms with E-state index in [-0.39, 0.29) is 0 Å². The first-order chi connectivity index (χ1) is 10.8. The summed E-state index contributed by atoms with van der Waals surface area (Å²) >= 11 is 0. The van der Waals surface area contributed by atoms with E-state index in [1.807, 2.05) is 0 Å². The summed E-state index contributed by atoms with van der Waals surface area (Å²) in [5.41, 5.74) is 3.63. The van der Waals surface area contributed by atoms with Gasteiger partial charge in [0, 0.05) is 6.04 Å². The van der Waals surface area contributed by atoms with Crippen molar-refractivity contribution < 1.29 is 4.74 Å². The van der Waals surface area contributed by atoms with Crippen molar-refractivity contribution in [1.82, 2.24) is 0 Å². The summed E-state index contributed by atoms with van der Waals surface area (Å²) in [6, 6.07) is 17.6. The highest BCUT2D eigenvalue weighted by Crippen LogP contribution is 2.46.